The van der Waals surface area contributed by atoms with Crippen LogP contribution in [0.4, 0.5) is 0 Å². The molecule has 1 heterocycles. The Hall–Kier alpha value is -1.66. The van der Waals surface area contributed by atoms with Gasteiger partial charge in [-0.25, -0.2) is 12.7 Å². The monoisotopic (exact) mass is 279 g/mol. The van der Waals surface area contributed by atoms with Crippen LogP contribution in [0.3, 0.4) is 0 Å². The third-order valence-electron chi connectivity index (χ3n) is 2.83. The van der Waals surface area contributed by atoms with Crippen molar-refractivity contribution in [1.82, 2.24) is 14.1 Å². The molecule has 0 unspecified atom stereocenters. The molecule has 19 heavy (non-hydrogen) atoms. The molecule has 0 bridgehead atoms. The van der Waals surface area contributed by atoms with E-state index in [-0.39, 0.29) is 5.75 Å². The molecule has 0 aliphatic carbocycles. The second-order valence-electron chi connectivity index (χ2n) is 4.52. The number of benzene rings is 1. The third-order valence-corrected chi connectivity index (χ3v) is 4.61. The second-order valence-corrected chi connectivity index (χ2v) is 6.60. The van der Waals surface area contributed by atoms with Crippen LogP contribution in [-0.2, 0) is 29.4 Å². The zero-order chi connectivity index (χ0) is 13.9. The van der Waals surface area contributed by atoms with Gasteiger partial charge in [-0.2, -0.15) is 5.10 Å². The Bertz CT molecular complexity index is 635. The van der Waals surface area contributed by atoms with Crippen LogP contribution < -0.4 is 0 Å². The number of aryl methyl sites for hydroxylation is 1. The van der Waals surface area contributed by atoms with E-state index in [2.05, 4.69) is 5.10 Å². The van der Waals surface area contributed by atoms with Crippen molar-refractivity contribution in [2.75, 3.05) is 7.05 Å². The molecule has 0 saturated carbocycles. The van der Waals surface area contributed by atoms with Crippen LogP contribution in [0.1, 0.15) is 11.1 Å². The highest BCUT2D eigenvalue weighted by Gasteiger charge is 2.19. The summed E-state index contributed by atoms with van der Waals surface area (Å²) < 4.78 is 27.4. The van der Waals surface area contributed by atoms with E-state index >= 15 is 0 Å². The molecule has 1 aromatic carbocycles. The minimum Gasteiger partial charge on any atom is -0.275 e. The van der Waals surface area contributed by atoms with Gasteiger partial charge in [-0.1, -0.05) is 30.3 Å². The quantitative estimate of drug-likeness (QED) is 0.831. The molecule has 0 saturated heterocycles. The zero-order valence-corrected chi connectivity index (χ0v) is 11.8. The van der Waals surface area contributed by atoms with Gasteiger partial charge in [0, 0.05) is 32.4 Å². The number of hydrogen-bond acceptors (Lipinski definition) is 3. The van der Waals surface area contributed by atoms with Gasteiger partial charge in [0.1, 0.15) is 0 Å². The summed E-state index contributed by atoms with van der Waals surface area (Å²) in [5, 5.41) is 4.03. The lowest BCUT2D eigenvalue weighted by Gasteiger charge is -2.16. The van der Waals surface area contributed by atoms with Gasteiger partial charge in [0.15, 0.2) is 0 Å². The summed E-state index contributed by atoms with van der Waals surface area (Å²) in [4.78, 5) is 0. The number of aromatic nitrogens is 2. The zero-order valence-electron chi connectivity index (χ0n) is 11.0. The molecule has 2 rings (SSSR count). The number of sulfonamides is 1. The minimum atomic E-state index is -3.31. The van der Waals surface area contributed by atoms with Gasteiger partial charge >= 0.3 is 0 Å². The lowest BCUT2D eigenvalue weighted by molar-refractivity contribution is 0.466. The molecule has 1 aromatic heterocycles. The Morgan fingerprint density at radius 2 is 1.89 bits per heavy atom. The van der Waals surface area contributed by atoms with Crippen LogP contribution in [0.5, 0.6) is 0 Å². The first-order valence-corrected chi connectivity index (χ1v) is 7.54. The predicted octanol–water partition coefficient (Wildman–Crippen LogP) is 1.38. The van der Waals surface area contributed by atoms with Gasteiger partial charge in [0.25, 0.3) is 0 Å². The fourth-order valence-corrected chi connectivity index (χ4v) is 2.98. The van der Waals surface area contributed by atoms with Gasteiger partial charge in [-0.05, 0) is 5.56 Å². The Kier molecular flexibility index (Phi) is 4.01. The minimum absolute atomic E-state index is 0.0185. The molecular weight excluding hydrogens is 262 g/mol. The normalized spacial score (nSPS) is 11.9. The first-order chi connectivity index (χ1) is 8.97. The third kappa shape index (κ3) is 3.65. The fraction of sp³-hybridized carbons (Fsp3) is 0.308. The Labute approximate surface area is 113 Å². The van der Waals surface area contributed by atoms with E-state index in [9.17, 15) is 8.42 Å². The van der Waals surface area contributed by atoms with Crippen LogP contribution in [-0.4, -0.2) is 29.6 Å². The van der Waals surface area contributed by atoms with Crippen molar-refractivity contribution in [3.05, 3.63) is 53.9 Å². The van der Waals surface area contributed by atoms with Crippen LogP contribution in [0, 0.1) is 0 Å². The second kappa shape index (κ2) is 5.54. The summed E-state index contributed by atoms with van der Waals surface area (Å²) in [6.45, 7) is 0.336. The summed E-state index contributed by atoms with van der Waals surface area (Å²) in [7, 11) is 0.0901. The Balaban J connectivity index is 2.07. The average molecular weight is 279 g/mol. The smallest absolute Gasteiger partial charge is 0.218 e. The number of rotatable bonds is 5. The van der Waals surface area contributed by atoms with Crippen LogP contribution in [0.25, 0.3) is 0 Å². The summed E-state index contributed by atoms with van der Waals surface area (Å²) >= 11 is 0. The van der Waals surface area contributed by atoms with E-state index in [1.807, 2.05) is 43.6 Å². The highest BCUT2D eigenvalue weighted by molar-refractivity contribution is 7.88. The lowest BCUT2D eigenvalue weighted by atomic mass is 10.2. The summed E-state index contributed by atoms with van der Waals surface area (Å²) in [6.07, 6.45) is 3.49. The van der Waals surface area contributed by atoms with Crippen molar-refractivity contribution in [2.24, 2.45) is 7.05 Å². The largest absolute Gasteiger partial charge is 0.275 e. The summed E-state index contributed by atoms with van der Waals surface area (Å²) in [5.74, 6) is 0.0185. The van der Waals surface area contributed by atoms with Crippen LogP contribution in [0.2, 0.25) is 0 Å². The van der Waals surface area contributed by atoms with E-state index in [0.29, 0.717) is 6.54 Å². The topological polar surface area (TPSA) is 55.2 Å². The molecule has 0 spiro atoms. The van der Waals surface area contributed by atoms with Crippen molar-refractivity contribution >= 4 is 10.0 Å². The summed E-state index contributed by atoms with van der Waals surface area (Å²) in [6, 6.07) is 9.18. The Morgan fingerprint density at radius 3 is 2.47 bits per heavy atom. The molecule has 102 valence electrons. The molecule has 0 radical (unpaired) electrons. The van der Waals surface area contributed by atoms with Crippen molar-refractivity contribution in [1.29, 1.82) is 0 Å². The van der Waals surface area contributed by atoms with Crippen LogP contribution in [0.15, 0.2) is 42.7 Å². The van der Waals surface area contributed by atoms with Crippen molar-refractivity contribution in [2.45, 2.75) is 12.3 Å². The van der Waals surface area contributed by atoms with E-state index in [0.717, 1.165) is 11.1 Å². The van der Waals surface area contributed by atoms with Gasteiger partial charge in [-0.15, -0.1) is 0 Å². The standard InChI is InChI=1S/C13H17N3O2S/c1-15-9-13(8-14-15)10-16(2)19(17,18)11-12-6-4-3-5-7-12/h3-9H,10-11H2,1-2H3. The lowest BCUT2D eigenvalue weighted by Crippen LogP contribution is -2.27. The number of hydrogen-bond donors (Lipinski definition) is 0. The Morgan fingerprint density at radius 1 is 1.21 bits per heavy atom. The van der Waals surface area contributed by atoms with Crippen molar-refractivity contribution in [3.8, 4) is 0 Å². The van der Waals surface area contributed by atoms with Gasteiger partial charge < -0.3 is 0 Å². The molecule has 0 N–H and O–H groups in total. The molecule has 2 aromatic rings. The number of nitrogens with zero attached hydrogens (tertiary/aromatic N) is 3. The molecule has 5 nitrogen and oxygen atoms in total. The van der Waals surface area contributed by atoms with Crippen LogP contribution >= 0.6 is 0 Å². The van der Waals surface area contributed by atoms with Crippen molar-refractivity contribution in [3.63, 3.8) is 0 Å². The maximum Gasteiger partial charge on any atom is 0.218 e. The first kappa shape index (κ1) is 13.8. The predicted molar refractivity (Wildman–Crippen MR) is 73.7 cm³/mol. The van der Waals surface area contributed by atoms with Crippen molar-refractivity contribution < 1.29 is 8.42 Å². The molecule has 6 heteroatoms. The van der Waals surface area contributed by atoms with E-state index in [1.54, 1.807) is 17.9 Å². The average Bonchev–Trinajstić information content (AvgIpc) is 2.75. The SMILES string of the molecule is CN(Cc1cnn(C)c1)S(=O)(=O)Cc1ccccc1. The summed E-state index contributed by atoms with van der Waals surface area (Å²) in [5.41, 5.74) is 1.67. The molecule has 0 fully saturated rings. The molecule has 0 aliphatic heterocycles. The highest BCUT2D eigenvalue weighted by Crippen LogP contribution is 2.12. The maximum absolute atomic E-state index is 12.2. The molecular formula is C13H17N3O2S. The van der Waals surface area contributed by atoms with E-state index < -0.39 is 10.0 Å². The first-order valence-electron chi connectivity index (χ1n) is 5.93. The molecule has 0 aliphatic rings. The van der Waals surface area contributed by atoms with Gasteiger partial charge in [0.05, 0.1) is 11.9 Å². The molecule has 0 amide bonds. The van der Waals surface area contributed by atoms with E-state index in [1.165, 1.54) is 4.31 Å². The van der Waals surface area contributed by atoms with Gasteiger partial charge in [-0.3, -0.25) is 4.68 Å². The molecule has 0 atom stereocenters. The maximum atomic E-state index is 12.2. The fourth-order valence-electron chi connectivity index (χ4n) is 1.80. The highest BCUT2D eigenvalue weighted by atomic mass is 32.2. The van der Waals surface area contributed by atoms with E-state index in [4.69, 9.17) is 0 Å². The van der Waals surface area contributed by atoms with Gasteiger partial charge in [0.2, 0.25) is 10.0 Å².